The maximum Gasteiger partial charge on any atom is 0.311 e. The number of methoxy groups -OCH3 is 1. The number of esters is 1. The molecule has 0 aliphatic heterocycles. The maximum atomic E-state index is 12.6. The molecule has 5 saturated carbocycles. The molecule has 5 fully saturated rings. The summed E-state index contributed by atoms with van der Waals surface area (Å²) in [5.74, 6) is 0.855. The normalized spacial score (nSPS) is 53.2. The highest BCUT2D eigenvalue weighted by molar-refractivity contribution is 5.77. The van der Waals surface area contributed by atoms with Gasteiger partial charge in [-0.3, -0.25) is 4.79 Å². The number of hydrogen-bond donors (Lipinski definition) is 1. The zero-order valence-electron chi connectivity index (χ0n) is 15.5. The SMILES string of the molecule is C=C1CC23CCC4C(C)(C(=O)OC)CCCC4(C)C2CC1(O)CC3. The first-order valence-corrected chi connectivity index (χ1v) is 9.69. The minimum absolute atomic E-state index is 0.0292. The van der Waals surface area contributed by atoms with Crippen LogP contribution in [-0.4, -0.2) is 23.8 Å². The van der Waals surface area contributed by atoms with Crippen molar-refractivity contribution in [3.05, 3.63) is 12.2 Å². The van der Waals surface area contributed by atoms with Crippen molar-refractivity contribution in [2.75, 3.05) is 7.11 Å². The zero-order valence-corrected chi connectivity index (χ0v) is 15.5. The summed E-state index contributed by atoms with van der Waals surface area (Å²) in [6, 6.07) is 0. The molecule has 0 aromatic carbocycles. The third-order valence-corrected chi connectivity index (χ3v) is 8.90. The fraction of sp³-hybridized carbons (Fsp3) is 0.857. The van der Waals surface area contributed by atoms with Crippen LogP contribution in [0.15, 0.2) is 12.2 Å². The molecule has 6 atom stereocenters. The van der Waals surface area contributed by atoms with Gasteiger partial charge in [0.15, 0.2) is 0 Å². The highest BCUT2D eigenvalue weighted by Gasteiger charge is 2.67. The summed E-state index contributed by atoms with van der Waals surface area (Å²) in [5, 5.41) is 11.1. The van der Waals surface area contributed by atoms with Gasteiger partial charge in [0.05, 0.1) is 18.1 Å². The molecule has 3 nitrogen and oxygen atoms in total. The van der Waals surface area contributed by atoms with Crippen molar-refractivity contribution in [3.8, 4) is 0 Å². The van der Waals surface area contributed by atoms with E-state index in [1.807, 2.05) is 0 Å². The molecular formula is C21H32O3. The van der Waals surface area contributed by atoms with Crippen LogP contribution in [0, 0.1) is 28.1 Å². The van der Waals surface area contributed by atoms with Gasteiger partial charge in [-0.2, -0.15) is 0 Å². The van der Waals surface area contributed by atoms with Crippen LogP contribution in [0.1, 0.15) is 71.6 Å². The molecular weight excluding hydrogens is 300 g/mol. The average Bonchev–Trinajstić information content (AvgIpc) is 2.54. The predicted molar refractivity (Wildman–Crippen MR) is 93.3 cm³/mol. The van der Waals surface area contributed by atoms with E-state index in [1.54, 1.807) is 0 Å². The van der Waals surface area contributed by atoms with Crippen LogP contribution in [-0.2, 0) is 9.53 Å². The smallest absolute Gasteiger partial charge is 0.311 e. The van der Waals surface area contributed by atoms with Gasteiger partial charge in [0.1, 0.15) is 0 Å². The average molecular weight is 332 g/mol. The van der Waals surface area contributed by atoms with Crippen LogP contribution in [0.2, 0.25) is 0 Å². The van der Waals surface area contributed by atoms with E-state index in [2.05, 4.69) is 20.4 Å². The number of hydrogen-bond acceptors (Lipinski definition) is 3. The molecule has 6 unspecified atom stereocenters. The Morgan fingerprint density at radius 2 is 1.92 bits per heavy atom. The molecule has 5 aliphatic rings. The van der Waals surface area contributed by atoms with E-state index in [-0.39, 0.29) is 16.8 Å². The fourth-order valence-corrected chi connectivity index (χ4v) is 7.62. The summed E-state index contributed by atoms with van der Waals surface area (Å²) in [6.45, 7) is 8.77. The summed E-state index contributed by atoms with van der Waals surface area (Å²) in [4.78, 5) is 12.6. The Morgan fingerprint density at radius 3 is 2.58 bits per heavy atom. The molecule has 1 spiro atoms. The molecule has 0 aromatic rings. The van der Waals surface area contributed by atoms with Crippen molar-refractivity contribution in [1.29, 1.82) is 0 Å². The summed E-state index contributed by atoms with van der Waals surface area (Å²) in [6.07, 6.45) is 9.37. The van der Waals surface area contributed by atoms with E-state index in [9.17, 15) is 9.90 Å². The lowest BCUT2D eigenvalue weighted by atomic mass is 9.36. The van der Waals surface area contributed by atoms with Crippen molar-refractivity contribution in [2.45, 2.75) is 77.2 Å². The largest absolute Gasteiger partial charge is 0.469 e. The van der Waals surface area contributed by atoms with E-state index in [0.717, 1.165) is 50.5 Å². The molecule has 134 valence electrons. The molecule has 3 heteroatoms. The van der Waals surface area contributed by atoms with Gasteiger partial charge in [-0.1, -0.05) is 19.9 Å². The molecule has 0 radical (unpaired) electrons. The molecule has 1 N–H and O–H groups in total. The molecule has 2 bridgehead atoms. The van der Waals surface area contributed by atoms with Gasteiger partial charge in [0, 0.05) is 0 Å². The van der Waals surface area contributed by atoms with Crippen molar-refractivity contribution < 1.29 is 14.6 Å². The number of rotatable bonds is 1. The lowest BCUT2D eigenvalue weighted by Gasteiger charge is -2.69. The Kier molecular flexibility index (Phi) is 3.37. The van der Waals surface area contributed by atoms with Crippen molar-refractivity contribution in [3.63, 3.8) is 0 Å². The Balaban J connectivity index is 1.75. The van der Waals surface area contributed by atoms with Gasteiger partial charge in [-0.05, 0) is 86.5 Å². The minimum Gasteiger partial charge on any atom is -0.469 e. The number of aliphatic hydroxyl groups is 1. The van der Waals surface area contributed by atoms with Crippen molar-refractivity contribution in [2.24, 2.45) is 28.1 Å². The van der Waals surface area contributed by atoms with Crippen LogP contribution in [0.25, 0.3) is 0 Å². The first-order chi connectivity index (χ1) is 11.2. The Labute approximate surface area is 145 Å². The highest BCUT2D eigenvalue weighted by atomic mass is 16.5. The van der Waals surface area contributed by atoms with Crippen LogP contribution in [0.5, 0.6) is 0 Å². The van der Waals surface area contributed by atoms with Gasteiger partial charge < -0.3 is 9.84 Å². The van der Waals surface area contributed by atoms with E-state index >= 15 is 0 Å². The Morgan fingerprint density at radius 1 is 1.17 bits per heavy atom. The third-order valence-electron chi connectivity index (χ3n) is 8.90. The maximum absolute atomic E-state index is 12.6. The summed E-state index contributed by atoms with van der Waals surface area (Å²) < 4.78 is 5.22. The Bertz CT molecular complexity index is 598. The summed E-state index contributed by atoms with van der Waals surface area (Å²) >= 11 is 0. The van der Waals surface area contributed by atoms with Crippen LogP contribution < -0.4 is 0 Å². The van der Waals surface area contributed by atoms with E-state index < -0.39 is 5.60 Å². The molecule has 24 heavy (non-hydrogen) atoms. The van der Waals surface area contributed by atoms with Crippen molar-refractivity contribution in [1.82, 2.24) is 0 Å². The summed E-state index contributed by atoms with van der Waals surface area (Å²) in [7, 11) is 1.53. The standard InChI is InChI=1S/C21H32O3/c1-14-12-20-9-6-15-18(2,16(20)13-21(14,23)11-10-20)7-5-8-19(15,3)17(22)24-4/h15-16,23H,1,5-13H2,2-4H3. The molecule has 0 amide bonds. The van der Waals surface area contributed by atoms with Gasteiger partial charge >= 0.3 is 5.97 Å². The number of carbonyl (C=O) groups is 1. The lowest BCUT2D eigenvalue weighted by Crippen LogP contribution is -2.64. The molecule has 0 aromatic heterocycles. The fourth-order valence-electron chi connectivity index (χ4n) is 7.62. The number of fused-ring (bicyclic) bond motifs is 3. The first-order valence-electron chi connectivity index (χ1n) is 9.69. The van der Waals surface area contributed by atoms with Gasteiger partial charge in [0.25, 0.3) is 0 Å². The third kappa shape index (κ3) is 1.85. The monoisotopic (exact) mass is 332 g/mol. The first kappa shape index (κ1) is 16.6. The van der Waals surface area contributed by atoms with Crippen LogP contribution in [0.4, 0.5) is 0 Å². The molecule has 5 aliphatic carbocycles. The van der Waals surface area contributed by atoms with Gasteiger partial charge in [-0.25, -0.2) is 0 Å². The van der Waals surface area contributed by atoms with E-state index in [4.69, 9.17) is 4.74 Å². The predicted octanol–water partition coefficient (Wildman–Crippen LogP) is 4.24. The second-order valence-electron chi connectivity index (χ2n) is 9.79. The number of ether oxygens (including phenoxy) is 1. The van der Waals surface area contributed by atoms with E-state index in [1.165, 1.54) is 20.0 Å². The van der Waals surface area contributed by atoms with E-state index in [0.29, 0.717) is 17.3 Å². The quantitative estimate of drug-likeness (QED) is 0.577. The highest BCUT2D eigenvalue weighted by Crippen LogP contribution is 2.72. The Hall–Kier alpha value is -0.830. The van der Waals surface area contributed by atoms with Crippen LogP contribution in [0.3, 0.4) is 0 Å². The van der Waals surface area contributed by atoms with Gasteiger partial charge in [0.2, 0.25) is 0 Å². The molecule has 0 saturated heterocycles. The second-order valence-corrected chi connectivity index (χ2v) is 9.79. The topological polar surface area (TPSA) is 46.5 Å². The van der Waals surface area contributed by atoms with Crippen molar-refractivity contribution >= 4 is 5.97 Å². The zero-order chi connectivity index (χ0) is 17.4. The van der Waals surface area contributed by atoms with Gasteiger partial charge in [-0.15, -0.1) is 0 Å². The molecule has 0 heterocycles. The lowest BCUT2D eigenvalue weighted by molar-refractivity contribution is -0.210. The van der Waals surface area contributed by atoms with Crippen LogP contribution >= 0.6 is 0 Å². The minimum atomic E-state index is -0.656. The second kappa shape index (κ2) is 4.87. The molecule has 5 rings (SSSR count). The number of carbonyl (C=O) groups excluding carboxylic acids is 1. The summed E-state index contributed by atoms with van der Waals surface area (Å²) in [5.41, 5.74) is 0.504.